The van der Waals surface area contributed by atoms with Crippen molar-refractivity contribution in [1.82, 2.24) is 20.5 Å². The number of amidine groups is 1. The summed E-state index contributed by atoms with van der Waals surface area (Å²) in [5.41, 5.74) is 1.98. The molecular weight excluding hydrogens is 376 g/mol. The Morgan fingerprint density at radius 2 is 2.00 bits per heavy atom. The Kier molecular flexibility index (Phi) is 4.60. The molecule has 1 saturated heterocycles. The molecule has 1 saturated carbocycles. The van der Waals surface area contributed by atoms with Crippen molar-refractivity contribution in [2.75, 3.05) is 43.4 Å². The third-order valence-corrected chi connectivity index (χ3v) is 7.51. The first-order chi connectivity index (χ1) is 13.7. The molecule has 28 heavy (non-hydrogen) atoms. The molecule has 3 N–H and O–H groups in total. The normalized spacial score (nSPS) is 29.2. The van der Waals surface area contributed by atoms with E-state index in [0.29, 0.717) is 5.75 Å². The van der Waals surface area contributed by atoms with Crippen molar-refractivity contribution in [1.29, 1.82) is 0 Å². The molecular formula is C19H26N6O2S. The third-order valence-electron chi connectivity index (χ3n) is 6.04. The van der Waals surface area contributed by atoms with Gasteiger partial charge in [-0.15, -0.1) is 0 Å². The first-order valence-corrected chi connectivity index (χ1v) is 11.2. The summed E-state index contributed by atoms with van der Waals surface area (Å²) in [6.45, 7) is 3.74. The fourth-order valence-corrected chi connectivity index (χ4v) is 5.42. The van der Waals surface area contributed by atoms with Crippen molar-refractivity contribution >= 4 is 22.3 Å². The molecule has 4 heterocycles. The predicted molar refractivity (Wildman–Crippen MR) is 109 cm³/mol. The van der Waals surface area contributed by atoms with Gasteiger partial charge in [0, 0.05) is 62.1 Å². The van der Waals surface area contributed by atoms with Crippen LogP contribution in [0.4, 0.5) is 5.69 Å². The lowest BCUT2D eigenvalue weighted by Gasteiger charge is -2.40. The minimum absolute atomic E-state index is 0.0873. The van der Waals surface area contributed by atoms with Crippen molar-refractivity contribution in [2.24, 2.45) is 4.99 Å². The molecule has 9 heteroatoms. The van der Waals surface area contributed by atoms with E-state index in [1.54, 1.807) is 0 Å². The molecule has 0 radical (unpaired) electrons. The van der Waals surface area contributed by atoms with Gasteiger partial charge in [-0.25, -0.2) is 4.99 Å². The lowest BCUT2D eigenvalue weighted by atomic mass is 10.2. The predicted octanol–water partition coefficient (Wildman–Crippen LogP) is -0.0326. The summed E-state index contributed by atoms with van der Waals surface area (Å²) in [6, 6.07) is 4.09. The standard InChI is InChI=1S/C19H26N6O2S/c26-13-19(4-5-19)23-17-16-15(3-12-28(16)27)21-18(22-17)25-10-8-24(9-11-25)14-1-6-20-7-2-14/h1-2,6-7,18,21,26H,3-5,8-13H2,(H,22,23). The van der Waals surface area contributed by atoms with E-state index in [4.69, 9.17) is 4.99 Å². The van der Waals surface area contributed by atoms with E-state index in [0.717, 1.165) is 61.9 Å². The van der Waals surface area contributed by atoms with Crippen molar-refractivity contribution < 1.29 is 9.32 Å². The molecule has 1 aromatic heterocycles. The number of nitrogens with one attached hydrogen (secondary N) is 2. The zero-order chi connectivity index (χ0) is 19.1. The summed E-state index contributed by atoms with van der Waals surface area (Å²) in [4.78, 5) is 14.5. The summed E-state index contributed by atoms with van der Waals surface area (Å²) in [5, 5.41) is 16.6. The van der Waals surface area contributed by atoms with Crippen LogP contribution in [-0.2, 0) is 10.8 Å². The highest BCUT2D eigenvalue weighted by molar-refractivity contribution is 7.90. The van der Waals surface area contributed by atoms with Gasteiger partial charge in [-0.1, -0.05) is 0 Å². The molecule has 2 fully saturated rings. The fraction of sp³-hybridized carbons (Fsp3) is 0.579. The van der Waals surface area contributed by atoms with Gasteiger partial charge in [0.05, 0.1) is 27.9 Å². The Hall–Kier alpha value is -1.97. The maximum absolute atomic E-state index is 12.5. The SMILES string of the molecule is O=S1CCC2=C1C(NC1(CO)CC1)=NC(N1CCN(c3ccncc3)CC1)N2. The summed E-state index contributed by atoms with van der Waals surface area (Å²) in [6.07, 6.45) is 6.17. The number of nitrogens with zero attached hydrogens (tertiary/aromatic N) is 4. The van der Waals surface area contributed by atoms with Crippen molar-refractivity contribution in [3.05, 3.63) is 35.1 Å². The third kappa shape index (κ3) is 3.31. The molecule has 1 aromatic rings. The van der Waals surface area contributed by atoms with Gasteiger partial charge in [0.25, 0.3) is 0 Å². The van der Waals surface area contributed by atoms with Gasteiger partial charge in [0.1, 0.15) is 5.84 Å². The highest BCUT2D eigenvalue weighted by Gasteiger charge is 2.45. The highest BCUT2D eigenvalue weighted by Crippen LogP contribution is 2.36. The lowest BCUT2D eigenvalue weighted by Crippen LogP contribution is -2.56. The zero-order valence-electron chi connectivity index (χ0n) is 15.8. The Morgan fingerprint density at radius 1 is 1.25 bits per heavy atom. The van der Waals surface area contributed by atoms with Crippen LogP contribution in [-0.4, -0.2) is 75.4 Å². The van der Waals surface area contributed by atoms with Crippen LogP contribution in [0.2, 0.25) is 0 Å². The average Bonchev–Trinajstić information content (AvgIpc) is 3.42. The van der Waals surface area contributed by atoms with Crippen LogP contribution in [0.5, 0.6) is 0 Å². The topological polar surface area (TPSA) is 93.1 Å². The number of anilines is 1. The smallest absolute Gasteiger partial charge is 0.178 e. The molecule has 1 aliphatic carbocycles. The van der Waals surface area contributed by atoms with Crippen molar-refractivity contribution in [3.8, 4) is 0 Å². The molecule has 2 unspecified atom stereocenters. The van der Waals surface area contributed by atoms with Crippen LogP contribution >= 0.6 is 0 Å². The maximum Gasteiger partial charge on any atom is 0.178 e. The van der Waals surface area contributed by atoms with Crippen LogP contribution in [0, 0.1) is 0 Å². The van der Waals surface area contributed by atoms with E-state index >= 15 is 0 Å². The Labute approximate surface area is 167 Å². The van der Waals surface area contributed by atoms with E-state index in [9.17, 15) is 9.32 Å². The van der Waals surface area contributed by atoms with Crippen LogP contribution in [0.15, 0.2) is 40.1 Å². The van der Waals surface area contributed by atoms with E-state index in [-0.39, 0.29) is 18.4 Å². The molecule has 150 valence electrons. The maximum atomic E-state index is 12.5. The van der Waals surface area contributed by atoms with Gasteiger partial charge in [-0.2, -0.15) is 0 Å². The average molecular weight is 403 g/mol. The number of hydrogen-bond acceptors (Lipinski definition) is 8. The van der Waals surface area contributed by atoms with Gasteiger partial charge >= 0.3 is 0 Å². The minimum atomic E-state index is -1.02. The Morgan fingerprint density at radius 3 is 2.68 bits per heavy atom. The second kappa shape index (κ2) is 7.13. The number of allylic oxidation sites excluding steroid dienone is 1. The van der Waals surface area contributed by atoms with E-state index in [1.807, 2.05) is 24.5 Å². The van der Waals surface area contributed by atoms with E-state index in [2.05, 4.69) is 25.4 Å². The van der Waals surface area contributed by atoms with Crippen LogP contribution < -0.4 is 15.5 Å². The van der Waals surface area contributed by atoms with Crippen molar-refractivity contribution in [2.45, 2.75) is 31.1 Å². The molecule has 2 atom stereocenters. The molecule has 3 aliphatic heterocycles. The number of aromatic nitrogens is 1. The molecule has 8 nitrogen and oxygen atoms in total. The summed E-state index contributed by atoms with van der Waals surface area (Å²) >= 11 is 0. The highest BCUT2D eigenvalue weighted by atomic mass is 32.2. The number of rotatable bonds is 4. The Bertz CT molecular complexity index is 830. The molecule has 0 amide bonds. The largest absolute Gasteiger partial charge is 0.394 e. The summed E-state index contributed by atoms with van der Waals surface area (Å²) in [7, 11) is -1.02. The first-order valence-electron chi connectivity index (χ1n) is 9.92. The van der Waals surface area contributed by atoms with Gasteiger partial charge in [0.2, 0.25) is 0 Å². The number of hydrogen-bond donors (Lipinski definition) is 3. The minimum Gasteiger partial charge on any atom is -0.394 e. The number of piperazine rings is 1. The fourth-order valence-electron chi connectivity index (χ4n) is 4.07. The van der Waals surface area contributed by atoms with Gasteiger partial charge < -0.3 is 20.6 Å². The van der Waals surface area contributed by atoms with Gasteiger partial charge in [0.15, 0.2) is 6.29 Å². The molecule has 0 bridgehead atoms. The Balaban J connectivity index is 1.31. The van der Waals surface area contributed by atoms with Crippen molar-refractivity contribution in [3.63, 3.8) is 0 Å². The second-order valence-corrected chi connectivity index (χ2v) is 9.40. The monoisotopic (exact) mass is 402 g/mol. The van der Waals surface area contributed by atoms with Crippen LogP contribution in [0.25, 0.3) is 0 Å². The lowest BCUT2D eigenvalue weighted by molar-refractivity contribution is 0.167. The molecule has 0 aromatic carbocycles. The number of aliphatic hydroxyl groups excluding tert-OH is 1. The summed E-state index contributed by atoms with van der Waals surface area (Å²) < 4.78 is 12.5. The van der Waals surface area contributed by atoms with Crippen LogP contribution in [0.3, 0.4) is 0 Å². The first kappa shape index (κ1) is 18.1. The van der Waals surface area contributed by atoms with E-state index < -0.39 is 10.8 Å². The number of pyridine rings is 1. The van der Waals surface area contributed by atoms with Gasteiger partial charge in [-0.3, -0.25) is 14.1 Å². The number of aliphatic hydroxyl groups is 1. The van der Waals surface area contributed by atoms with Crippen LogP contribution in [0.1, 0.15) is 19.3 Å². The molecule has 0 spiro atoms. The van der Waals surface area contributed by atoms with E-state index in [1.165, 1.54) is 5.69 Å². The second-order valence-electron chi connectivity index (χ2n) is 7.89. The molecule has 5 rings (SSSR count). The summed E-state index contributed by atoms with van der Waals surface area (Å²) in [5.74, 6) is 1.37. The zero-order valence-corrected chi connectivity index (χ0v) is 16.6. The quantitative estimate of drug-likeness (QED) is 0.651. The number of aliphatic imine (C=N–C) groups is 1. The molecule has 4 aliphatic rings. The van der Waals surface area contributed by atoms with Gasteiger partial charge in [-0.05, 0) is 25.0 Å².